The lowest BCUT2D eigenvalue weighted by Gasteiger charge is -2.47. The van der Waals surface area contributed by atoms with Crippen molar-refractivity contribution in [2.45, 2.75) is 24.9 Å². The van der Waals surface area contributed by atoms with Crippen molar-refractivity contribution in [3.63, 3.8) is 0 Å². The van der Waals surface area contributed by atoms with E-state index >= 15 is 0 Å². The molecule has 6 heteroatoms. The number of nitrogens with zero attached hydrogens (tertiary/aromatic N) is 3. The SMILES string of the molecule is O=c1n(-c2ccccc2)c(=O)n2n1[C@H]1[C@@H]3C4C5[C@]16CCSCC[C@]56[C@@H]2[C@@H]43. The number of aromatic nitrogens is 3. The van der Waals surface area contributed by atoms with Gasteiger partial charge in [0.1, 0.15) is 0 Å². The van der Waals surface area contributed by atoms with Crippen molar-refractivity contribution < 1.29 is 0 Å². The number of benzene rings is 1. The van der Waals surface area contributed by atoms with Crippen LogP contribution in [0.4, 0.5) is 0 Å². The lowest BCUT2D eigenvalue weighted by atomic mass is 9.69. The first-order chi connectivity index (χ1) is 12.7. The molecule has 4 heterocycles. The number of para-hydroxylation sites is 1. The summed E-state index contributed by atoms with van der Waals surface area (Å²) in [6.45, 7) is 0. The van der Waals surface area contributed by atoms with Crippen molar-refractivity contribution in [3.05, 3.63) is 51.3 Å². The van der Waals surface area contributed by atoms with E-state index in [1.807, 2.05) is 39.7 Å². The van der Waals surface area contributed by atoms with Crippen LogP contribution in [0, 0.1) is 34.5 Å². The predicted molar refractivity (Wildman–Crippen MR) is 97.7 cm³/mol. The van der Waals surface area contributed by atoms with Crippen LogP contribution in [0.5, 0.6) is 0 Å². The smallest absolute Gasteiger partial charge is 0.245 e. The topological polar surface area (TPSA) is 48.9 Å². The highest BCUT2D eigenvalue weighted by atomic mass is 32.2. The van der Waals surface area contributed by atoms with E-state index in [-0.39, 0.29) is 23.5 Å². The zero-order valence-corrected chi connectivity index (χ0v) is 15.1. The Morgan fingerprint density at radius 3 is 2.00 bits per heavy atom. The molecule has 0 amide bonds. The number of thioether (sulfide) groups is 1. The van der Waals surface area contributed by atoms with E-state index in [9.17, 15) is 9.59 Å². The minimum Gasteiger partial charge on any atom is -0.245 e. The summed E-state index contributed by atoms with van der Waals surface area (Å²) in [4.78, 5) is 26.8. The van der Waals surface area contributed by atoms with Crippen LogP contribution in [0.15, 0.2) is 39.9 Å². The van der Waals surface area contributed by atoms with Gasteiger partial charge in [-0.05, 0) is 60.2 Å². The van der Waals surface area contributed by atoms with Crippen molar-refractivity contribution in [1.29, 1.82) is 0 Å². The van der Waals surface area contributed by atoms with Crippen molar-refractivity contribution in [2.24, 2.45) is 34.5 Å². The third-order valence-electron chi connectivity index (χ3n) is 9.12. The zero-order chi connectivity index (χ0) is 17.0. The van der Waals surface area contributed by atoms with Crippen LogP contribution >= 0.6 is 11.8 Å². The summed E-state index contributed by atoms with van der Waals surface area (Å²) in [5.41, 5.74) is 1.17. The van der Waals surface area contributed by atoms with Crippen LogP contribution in [0.25, 0.3) is 5.69 Å². The highest BCUT2D eigenvalue weighted by Gasteiger charge is 3.02. The van der Waals surface area contributed by atoms with Gasteiger partial charge in [-0.1, -0.05) is 18.2 Å². The van der Waals surface area contributed by atoms with E-state index < -0.39 is 0 Å². The quantitative estimate of drug-likeness (QED) is 0.776. The third kappa shape index (κ3) is 0.987. The van der Waals surface area contributed by atoms with E-state index in [4.69, 9.17) is 0 Å². The lowest BCUT2D eigenvalue weighted by Crippen LogP contribution is -2.52. The normalized spacial score (nSPS) is 50.2. The molecule has 0 radical (unpaired) electrons. The van der Waals surface area contributed by atoms with Gasteiger partial charge in [0.05, 0.1) is 17.8 Å². The monoisotopic (exact) mass is 365 g/mol. The van der Waals surface area contributed by atoms with Crippen molar-refractivity contribution in [3.8, 4) is 5.69 Å². The van der Waals surface area contributed by atoms with E-state index in [0.717, 1.165) is 11.8 Å². The Morgan fingerprint density at radius 2 is 1.42 bits per heavy atom. The first-order valence-corrected chi connectivity index (χ1v) is 11.0. The summed E-state index contributed by atoms with van der Waals surface area (Å²) in [5, 5.41) is 0. The predicted octanol–water partition coefficient (Wildman–Crippen LogP) is 1.92. The molecule has 2 aromatic rings. The van der Waals surface area contributed by atoms with Gasteiger partial charge in [0.2, 0.25) is 0 Å². The molecule has 9 rings (SSSR count). The molecule has 2 bridgehead atoms. The molecule has 5 fully saturated rings. The Balaban J connectivity index is 1.45. The summed E-state index contributed by atoms with van der Waals surface area (Å²) in [6, 6.07) is 10.0. The molecular formula is C20H19N3O2S. The Bertz CT molecular complexity index is 1070. The standard InChI is InChI=1S/C20H19N3O2S/c24-17-21(10-4-2-1-3-5-10)18(25)23-16-13-11-12(13)15(22(17)23)19-6-8-26-9-7-20(16,19)14(11)19/h1-5,11-16H,6-9H2/t11?,12-,13+,14?,15-,16-,19+,20+/m0/s1. The Kier molecular flexibility index (Phi) is 1.90. The molecule has 2 unspecified atom stereocenters. The molecule has 4 aliphatic carbocycles. The van der Waals surface area contributed by atoms with Gasteiger partial charge in [0, 0.05) is 10.8 Å². The van der Waals surface area contributed by atoms with Crippen molar-refractivity contribution >= 4 is 11.8 Å². The van der Waals surface area contributed by atoms with Gasteiger partial charge in [0.25, 0.3) is 0 Å². The van der Waals surface area contributed by atoms with Crippen LogP contribution in [0.3, 0.4) is 0 Å². The van der Waals surface area contributed by atoms with Crippen LogP contribution in [0.2, 0.25) is 0 Å². The number of hydrogen-bond donors (Lipinski definition) is 0. The van der Waals surface area contributed by atoms with Crippen LogP contribution in [-0.4, -0.2) is 25.4 Å². The summed E-state index contributed by atoms with van der Waals surface area (Å²) >= 11 is 2.08. The lowest BCUT2D eigenvalue weighted by molar-refractivity contribution is -0.00192. The highest BCUT2D eigenvalue weighted by molar-refractivity contribution is 7.99. The molecule has 0 N–H and O–H groups in total. The van der Waals surface area contributed by atoms with Gasteiger partial charge in [0.15, 0.2) is 0 Å². The first-order valence-electron chi connectivity index (χ1n) is 9.84. The number of rotatable bonds is 1. The van der Waals surface area contributed by atoms with Gasteiger partial charge in [-0.25, -0.2) is 23.5 Å². The molecule has 1 saturated heterocycles. The van der Waals surface area contributed by atoms with Gasteiger partial charge >= 0.3 is 11.4 Å². The van der Waals surface area contributed by atoms with E-state index in [0.29, 0.717) is 28.4 Å². The van der Waals surface area contributed by atoms with E-state index in [1.165, 1.54) is 28.9 Å². The molecule has 26 heavy (non-hydrogen) atoms. The summed E-state index contributed by atoms with van der Waals surface area (Å²) in [6.07, 6.45) is 2.50. The first kappa shape index (κ1) is 13.5. The van der Waals surface area contributed by atoms with Gasteiger partial charge in [-0.15, -0.1) is 0 Å². The fourth-order valence-corrected chi connectivity index (χ4v) is 10.0. The maximum absolute atomic E-state index is 13.4. The Labute approximate surface area is 154 Å². The fourth-order valence-electron chi connectivity index (χ4n) is 8.84. The molecule has 7 aliphatic rings. The fraction of sp³-hybridized carbons (Fsp3) is 0.600. The molecule has 132 valence electrons. The van der Waals surface area contributed by atoms with E-state index in [2.05, 4.69) is 11.8 Å². The Hall–Kier alpha value is -1.69. The average Bonchev–Trinajstić information content (AvgIpc) is 3.42. The van der Waals surface area contributed by atoms with Gasteiger partial charge in [-0.2, -0.15) is 11.8 Å². The molecule has 1 aromatic heterocycles. The second-order valence-electron chi connectivity index (χ2n) is 9.22. The molecule has 4 saturated carbocycles. The second-order valence-corrected chi connectivity index (χ2v) is 10.4. The summed E-state index contributed by atoms with van der Waals surface area (Å²) in [5.74, 6) is 5.42. The molecule has 1 aromatic carbocycles. The van der Waals surface area contributed by atoms with Crippen molar-refractivity contribution in [2.75, 3.05) is 11.5 Å². The van der Waals surface area contributed by atoms with Crippen LogP contribution in [0.1, 0.15) is 24.9 Å². The number of hydrogen-bond acceptors (Lipinski definition) is 3. The zero-order valence-electron chi connectivity index (χ0n) is 14.2. The maximum Gasteiger partial charge on any atom is 0.352 e. The second kappa shape index (κ2) is 3.66. The van der Waals surface area contributed by atoms with Crippen molar-refractivity contribution in [1.82, 2.24) is 13.9 Å². The van der Waals surface area contributed by atoms with Gasteiger partial charge in [-0.3, -0.25) is 0 Å². The molecule has 2 spiro atoms. The highest BCUT2D eigenvalue weighted by Crippen LogP contribution is 3.04. The minimum atomic E-state index is -0.104. The minimum absolute atomic E-state index is 0.104. The summed E-state index contributed by atoms with van der Waals surface area (Å²) in [7, 11) is 0. The van der Waals surface area contributed by atoms with Crippen LogP contribution in [-0.2, 0) is 0 Å². The van der Waals surface area contributed by atoms with Gasteiger partial charge < -0.3 is 0 Å². The molecule has 8 atom stereocenters. The maximum atomic E-state index is 13.4. The Morgan fingerprint density at radius 1 is 0.846 bits per heavy atom. The molecule has 3 aliphatic heterocycles. The van der Waals surface area contributed by atoms with Crippen LogP contribution < -0.4 is 11.4 Å². The average molecular weight is 365 g/mol. The molecule has 5 nitrogen and oxygen atoms in total. The molecular weight excluding hydrogens is 346 g/mol. The largest absolute Gasteiger partial charge is 0.352 e. The third-order valence-corrected chi connectivity index (χ3v) is 10.1. The summed E-state index contributed by atoms with van der Waals surface area (Å²) < 4.78 is 5.29. The van der Waals surface area contributed by atoms with E-state index in [1.54, 1.807) is 0 Å².